The lowest BCUT2D eigenvalue weighted by Crippen LogP contribution is -2.38. The molecule has 0 aromatic carbocycles. The van der Waals surface area contributed by atoms with E-state index in [-0.39, 0.29) is 11.9 Å². The van der Waals surface area contributed by atoms with E-state index in [1.165, 1.54) is 11.8 Å². The van der Waals surface area contributed by atoms with Crippen molar-refractivity contribution in [2.75, 3.05) is 30.0 Å². The summed E-state index contributed by atoms with van der Waals surface area (Å²) in [4.78, 5) is 28.6. The molecule has 1 N–H and O–H groups in total. The Bertz CT molecular complexity index is 733. The van der Waals surface area contributed by atoms with Crippen molar-refractivity contribution in [2.24, 2.45) is 0 Å². The topological polar surface area (TPSA) is 71.0 Å². The molecule has 1 unspecified atom stereocenters. The van der Waals surface area contributed by atoms with Gasteiger partial charge in [-0.3, -0.25) is 4.79 Å². The Hall–Kier alpha value is -1.67. The lowest BCUT2D eigenvalue weighted by molar-refractivity contribution is -0.119. The average Bonchev–Trinajstić information content (AvgIpc) is 3.14. The van der Waals surface area contributed by atoms with Crippen LogP contribution < -0.4 is 10.2 Å². The molecular weight excluding hydrogens is 342 g/mol. The van der Waals surface area contributed by atoms with Gasteiger partial charge in [-0.25, -0.2) is 15.0 Å². The summed E-state index contributed by atoms with van der Waals surface area (Å²) in [6, 6.07) is 2.10. The van der Waals surface area contributed by atoms with Crippen molar-refractivity contribution in [3.05, 3.63) is 23.0 Å². The smallest absolute Gasteiger partial charge is 0.230 e. The minimum atomic E-state index is 0.0970. The molecular formula is C16H21N5OS2. The molecule has 1 amide bonds. The van der Waals surface area contributed by atoms with Gasteiger partial charge >= 0.3 is 0 Å². The Morgan fingerprint density at radius 2 is 2.29 bits per heavy atom. The zero-order valence-corrected chi connectivity index (χ0v) is 15.7. The molecule has 6 nitrogen and oxygen atoms in total. The summed E-state index contributed by atoms with van der Waals surface area (Å²) in [5, 5.41) is 4.12. The molecule has 0 saturated carbocycles. The van der Waals surface area contributed by atoms with E-state index < -0.39 is 0 Å². The van der Waals surface area contributed by atoms with Crippen LogP contribution in [0.25, 0.3) is 10.6 Å². The van der Waals surface area contributed by atoms with Crippen molar-refractivity contribution < 1.29 is 4.79 Å². The molecule has 0 radical (unpaired) electrons. The zero-order chi connectivity index (χ0) is 17.1. The van der Waals surface area contributed by atoms with Crippen LogP contribution in [0, 0.1) is 13.8 Å². The molecule has 0 spiro atoms. The fourth-order valence-electron chi connectivity index (χ4n) is 2.86. The third-order valence-corrected chi connectivity index (χ3v) is 5.54. The Kier molecular flexibility index (Phi) is 5.35. The molecule has 128 valence electrons. The summed E-state index contributed by atoms with van der Waals surface area (Å²) in [5.74, 6) is 1.33. The van der Waals surface area contributed by atoms with Gasteiger partial charge in [0.1, 0.15) is 0 Å². The molecule has 1 aliphatic heterocycles. The average molecular weight is 364 g/mol. The van der Waals surface area contributed by atoms with E-state index in [1.54, 1.807) is 17.5 Å². The molecule has 8 heteroatoms. The molecule has 2 aromatic heterocycles. The van der Waals surface area contributed by atoms with Crippen molar-refractivity contribution in [3.8, 4) is 10.6 Å². The van der Waals surface area contributed by atoms with E-state index in [4.69, 9.17) is 4.98 Å². The number of aromatic nitrogens is 3. The number of hydrogen-bond acceptors (Lipinski definition) is 7. The van der Waals surface area contributed by atoms with E-state index >= 15 is 0 Å². The monoisotopic (exact) mass is 363 g/mol. The molecule has 0 aliphatic carbocycles. The number of carbonyl (C=O) groups is 1. The summed E-state index contributed by atoms with van der Waals surface area (Å²) in [6.45, 7) is 5.62. The van der Waals surface area contributed by atoms with Crippen LogP contribution in [-0.2, 0) is 4.79 Å². The lowest BCUT2D eigenvalue weighted by Gasteiger charge is -2.17. The predicted molar refractivity (Wildman–Crippen MR) is 99.8 cm³/mol. The zero-order valence-electron chi connectivity index (χ0n) is 14.1. The third-order valence-electron chi connectivity index (χ3n) is 3.89. The first-order valence-electron chi connectivity index (χ1n) is 7.87. The van der Waals surface area contributed by atoms with Crippen LogP contribution >= 0.6 is 23.1 Å². The minimum absolute atomic E-state index is 0.0970. The van der Waals surface area contributed by atoms with Crippen molar-refractivity contribution in [1.82, 2.24) is 20.3 Å². The van der Waals surface area contributed by atoms with Gasteiger partial charge in [-0.1, -0.05) is 0 Å². The SMILES string of the molecule is CSCC(=O)NC1CCN(c2nccc(-c3sc(C)nc3C)n2)C1. The van der Waals surface area contributed by atoms with E-state index in [9.17, 15) is 4.79 Å². The van der Waals surface area contributed by atoms with Gasteiger partial charge in [-0.05, 0) is 32.6 Å². The van der Waals surface area contributed by atoms with Gasteiger partial charge in [0.15, 0.2) is 0 Å². The number of carbonyl (C=O) groups excluding carboxylic acids is 1. The van der Waals surface area contributed by atoms with Gasteiger partial charge in [-0.15, -0.1) is 11.3 Å². The first-order chi connectivity index (χ1) is 11.6. The fraction of sp³-hybridized carbons (Fsp3) is 0.500. The highest BCUT2D eigenvalue weighted by molar-refractivity contribution is 7.99. The maximum Gasteiger partial charge on any atom is 0.230 e. The first-order valence-corrected chi connectivity index (χ1v) is 10.1. The summed E-state index contributed by atoms with van der Waals surface area (Å²) in [7, 11) is 0. The van der Waals surface area contributed by atoms with Crippen LogP contribution in [-0.4, -0.2) is 52.0 Å². The molecule has 3 heterocycles. The predicted octanol–water partition coefficient (Wildman–Crippen LogP) is 2.27. The lowest BCUT2D eigenvalue weighted by atomic mass is 10.2. The van der Waals surface area contributed by atoms with Crippen LogP contribution in [0.3, 0.4) is 0 Å². The quantitative estimate of drug-likeness (QED) is 0.879. The number of thioether (sulfide) groups is 1. The van der Waals surface area contributed by atoms with Crippen molar-refractivity contribution in [3.63, 3.8) is 0 Å². The van der Waals surface area contributed by atoms with Crippen molar-refractivity contribution in [1.29, 1.82) is 0 Å². The molecule has 1 aliphatic rings. The maximum absolute atomic E-state index is 11.7. The Morgan fingerprint density at radius 1 is 1.46 bits per heavy atom. The molecule has 1 saturated heterocycles. The second kappa shape index (κ2) is 7.48. The van der Waals surface area contributed by atoms with E-state index in [1.807, 2.05) is 26.2 Å². The van der Waals surface area contributed by atoms with Crippen LogP contribution in [0.5, 0.6) is 0 Å². The number of nitrogens with zero attached hydrogens (tertiary/aromatic N) is 4. The first kappa shape index (κ1) is 17.2. The molecule has 0 bridgehead atoms. The number of hydrogen-bond donors (Lipinski definition) is 1. The van der Waals surface area contributed by atoms with Crippen LogP contribution in [0.15, 0.2) is 12.3 Å². The van der Waals surface area contributed by atoms with Gasteiger partial charge in [-0.2, -0.15) is 11.8 Å². The minimum Gasteiger partial charge on any atom is -0.351 e. The summed E-state index contributed by atoms with van der Waals surface area (Å²) in [6.07, 6.45) is 4.65. The van der Waals surface area contributed by atoms with Gasteiger partial charge in [0.05, 0.1) is 27.0 Å². The molecule has 24 heavy (non-hydrogen) atoms. The van der Waals surface area contributed by atoms with Gasteiger partial charge < -0.3 is 10.2 Å². The highest BCUT2D eigenvalue weighted by atomic mass is 32.2. The number of thiazole rings is 1. The van der Waals surface area contributed by atoms with Gasteiger partial charge in [0.25, 0.3) is 0 Å². The van der Waals surface area contributed by atoms with Crippen molar-refractivity contribution >= 4 is 35.0 Å². The Labute approximate surface area is 150 Å². The second-order valence-electron chi connectivity index (χ2n) is 5.82. The number of aryl methyl sites for hydroxylation is 2. The Balaban J connectivity index is 1.71. The highest BCUT2D eigenvalue weighted by Gasteiger charge is 2.25. The summed E-state index contributed by atoms with van der Waals surface area (Å²) < 4.78 is 0. The normalized spacial score (nSPS) is 17.3. The fourth-order valence-corrected chi connectivity index (χ4v) is 4.09. The largest absolute Gasteiger partial charge is 0.351 e. The van der Waals surface area contributed by atoms with E-state index in [0.29, 0.717) is 5.75 Å². The summed E-state index contributed by atoms with van der Waals surface area (Å²) >= 11 is 3.19. The number of rotatable bonds is 5. The molecule has 1 fully saturated rings. The molecule has 3 rings (SSSR count). The molecule has 2 aromatic rings. The number of anilines is 1. The van der Waals surface area contributed by atoms with Gasteiger partial charge in [0.2, 0.25) is 11.9 Å². The summed E-state index contributed by atoms with van der Waals surface area (Å²) in [5.41, 5.74) is 1.92. The third kappa shape index (κ3) is 3.87. The van der Waals surface area contributed by atoms with Crippen LogP contribution in [0.4, 0.5) is 5.95 Å². The van der Waals surface area contributed by atoms with E-state index in [2.05, 4.69) is 20.2 Å². The van der Waals surface area contributed by atoms with Gasteiger partial charge in [0, 0.05) is 25.3 Å². The van der Waals surface area contributed by atoms with Crippen LogP contribution in [0.2, 0.25) is 0 Å². The Morgan fingerprint density at radius 3 is 3.00 bits per heavy atom. The second-order valence-corrected chi connectivity index (χ2v) is 7.89. The number of nitrogens with one attached hydrogen (secondary N) is 1. The van der Waals surface area contributed by atoms with E-state index in [0.717, 1.165) is 46.7 Å². The maximum atomic E-state index is 11.7. The standard InChI is InChI=1S/C16H21N5OS2/c1-10-15(24-11(2)18-10)13-4-6-17-16(20-13)21-7-5-12(8-21)19-14(22)9-23-3/h4,6,12H,5,7-9H2,1-3H3,(H,19,22). The van der Waals surface area contributed by atoms with Crippen LogP contribution in [0.1, 0.15) is 17.1 Å². The highest BCUT2D eigenvalue weighted by Crippen LogP contribution is 2.29. The van der Waals surface area contributed by atoms with Crippen molar-refractivity contribution in [2.45, 2.75) is 26.3 Å². The molecule has 1 atom stereocenters. The number of amides is 1.